The summed E-state index contributed by atoms with van der Waals surface area (Å²) >= 11 is 5.83. The molecule has 0 spiro atoms. The third-order valence-electron chi connectivity index (χ3n) is 2.04. The van der Waals surface area contributed by atoms with Crippen LogP contribution in [0.4, 0.5) is 5.69 Å². The quantitative estimate of drug-likeness (QED) is 0.487. The van der Waals surface area contributed by atoms with Gasteiger partial charge in [-0.2, -0.15) is 0 Å². The van der Waals surface area contributed by atoms with E-state index in [-0.39, 0.29) is 6.54 Å². The standard InChI is InChI=1S/C8H7ClN2O2/c9-5-1-2-6(10)7-4(5)3-11(13)8(7)12/h1-2,13H,3,10H2. The van der Waals surface area contributed by atoms with Crippen molar-refractivity contribution >= 4 is 23.2 Å². The molecule has 0 unspecified atom stereocenters. The highest BCUT2D eigenvalue weighted by molar-refractivity contribution is 6.32. The van der Waals surface area contributed by atoms with Gasteiger partial charge in [0.05, 0.1) is 12.1 Å². The summed E-state index contributed by atoms with van der Waals surface area (Å²) in [5.74, 6) is -0.491. The number of benzene rings is 1. The molecule has 1 amide bonds. The summed E-state index contributed by atoms with van der Waals surface area (Å²) in [6, 6.07) is 3.17. The summed E-state index contributed by atoms with van der Waals surface area (Å²) in [5.41, 5.74) is 6.83. The Morgan fingerprint density at radius 3 is 2.85 bits per heavy atom. The zero-order chi connectivity index (χ0) is 9.59. The SMILES string of the molecule is Nc1ccc(Cl)c2c1C(=O)N(O)C2. The molecule has 2 rings (SSSR count). The van der Waals surface area contributed by atoms with Crippen molar-refractivity contribution in [2.75, 3.05) is 5.73 Å². The Labute approximate surface area is 79.5 Å². The first-order chi connectivity index (χ1) is 6.11. The molecule has 1 aliphatic rings. The maximum Gasteiger partial charge on any atom is 0.280 e. The largest absolute Gasteiger partial charge is 0.398 e. The number of fused-ring (bicyclic) bond motifs is 1. The van der Waals surface area contributed by atoms with Gasteiger partial charge in [-0.15, -0.1) is 0 Å². The molecule has 0 radical (unpaired) electrons. The van der Waals surface area contributed by atoms with Crippen LogP contribution in [0, 0.1) is 0 Å². The van der Waals surface area contributed by atoms with Gasteiger partial charge in [-0.25, -0.2) is 5.06 Å². The summed E-state index contributed by atoms with van der Waals surface area (Å²) in [7, 11) is 0. The van der Waals surface area contributed by atoms with Crippen LogP contribution in [0.1, 0.15) is 15.9 Å². The van der Waals surface area contributed by atoms with Gasteiger partial charge >= 0.3 is 0 Å². The van der Waals surface area contributed by atoms with Gasteiger partial charge in [-0.1, -0.05) is 11.6 Å². The summed E-state index contributed by atoms with van der Waals surface area (Å²) in [6.07, 6.45) is 0. The minimum Gasteiger partial charge on any atom is -0.398 e. The molecule has 0 aliphatic carbocycles. The van der Waals surface area contributed by atoms with E-state index in [9.17, 15) is 4.79 Å². The van der Waals surface area contributed by atoms with Crippen molar-refractivity contribution in [2.24, 2.45) is 0 Å². The van der Waals surface area contributed by atoms with Crippen LogP contribution in [0.2, 0.25) is 5.02 Å². The van der Waals surface area contributed by atoms with E-state index in [4.69, 9.17) is 22.5 Å². The fourth-order valence-corrected chi connectivity index (χ4v) is 1.62. The predicted octanol–water partition coefficient (Wildman–Crippen LogP) is 1.27. The number of hydrogen-bond donors (Lipinski definition) is 2. The molecule has 0 aromatic heterocycles. The van der Waals surface area contributed by atoms with Gasteiger partial charge < -0.3 is 5.73 Å². The Hall–Kier alpha value is -1.26. The monoisotopic (exact) mass is 198 g/mol. The van der Waals surface area contributed by atoms with Gasteiger partial charge in [-0.3, -0.25) is 10.0 Å². The number of nitrogens with two attached hydrogens (primary N) is 1. The molecule has 0 fully saturated rings. The first kappa shape index (κ1) is 8.34. The molecule has 3 N–H and O–H groups in total. The predicted molar refractivity (Wildman–Crippen MR) is 47.5 cm³/mol. The molecule has 13 heavy (non-hydrogen) atoms. The highest BCUT2D eigenvalue weighted by Crippen LogP contribution is 2.31. The van der Waals surface area contributed by atoms with Crippen molar-refractivity contribution in [3.63, 3.8) is 0 Å². The minimum atomic E-state index is -0.491. The molecular weight excluding hydrogens is 192 g/mol. The fourth-order valence-electron chi connectivity index (χ4n) is 1.40. The molecule has 0 bridgehead atoms. The van der Waals surface area contributed by atoms with Crippen molar-refractivity contribution in [1.82, 2.24) is 5.06 Å². The van der Waals surface area contributed by atoms with E-state index in [2.05, 4.69) is 0 Å². The number of nitrogens with zero attached hydrogens (tertiary/aromatic N) is 1. The molecule has 0 saturated heterocycles. The van der Waals surface area contributed by atoms with E-state index in [0.717, 1.165) is 0 Å². The number of halogens is 1. The van der Waals surface area contributed by atoms with E-state index in [1.54, 1.807) is 12.1 Å². The lowest BCUT2D eigenvalue weighted by molar-refractivity contribution is -0.0578. The van der Waals surface area contributed by atoms with Crippen LogP contribution < -0.4 is 5.73 Å². The van der Waals surface area contributed by atoms with Crippen molar-refractivity contribution in [3.8, 4) is 0 Å². The Morgan fingerprint density at radius 2 is 2.23 bits per heavy atom. The van der Waals surface area contributed by atoms with E-state index in [1.807, 2.05) is 0 Å². The molecule has 1 aromatic carbocycles. The first-order valence-corrected chi connectivity index (χ1v) is 4.06. The first-order valence-electron chi connectivity index (χ1n) is 3.69. The van der Waals surface area contributed by atoms with Crippen LogP contribution in [0.25, 0.3) is 0 Å². The normalized spacial score (nSPS) is 14.9. The van der Waals surface area contributed by atoms with Crippen LogP contribution in [-0.2, 0) is 6.54 Å². The average molecular weight is 199 g/mol. The van der Waals surface area contributed by atoms with Gasteiger partial charge in [0.1, 0.15) is 0 Å². The fraction of sp³-hybridized carbons (Fsp3) is 0.125. The summed E-state index contributed by atoms with van der Waals surface area (Å²) in [6.45, 7) is 0.109. The second-order valence-corrected chi connectivity index (χ2v) is 3.26. The third kappa shape index (κ3) is 1.07. The maximum absolute atomic E-state index is 11.3. The molecule has 0 saturated carbocycles. The maximum atomic E-state index is 11.3. The number of carbonyl (C=O) groups is 1. The van der Waals surface area contributed by atoms with Crippen LogP contribution in [0.5, 0.6) is 0 Å². The molecule has 1 aromatic rings. The number of hydroxylamine groups is 2. The Morgan fingerprint density at radius 1 is 1.54 bits per heavy atom. The third-order valence-corrected chi connectivity index (χ3v) is 2.40. The van der Waals surface area contributed by atoms with Gasteiger partial charge in [-0.05, 0) is 12.1 Å². The Balaban J connectivity index is 2.68. The lowest BCUT2D eigenvalue weighted by atomic mass is 10.1. The van der Waals surface area contributed by atoms with Crippen molar-refractivity contribution < 1.29 is 10.0 Å². The number of hydrogen-bond acceptors (Lipinski definition) is 3. The van der Waals surface area contributed by atoms with Crippen LogP contribution >= 0.6 is 11.6 Å². The van der Waals surface area contributed by atoms with Gasteiger partial charge in [0.2, 0.25) is 0 Å². The number of nitrogen functional groups attached to an aromatic ring is 1. The Kier molecular flexibility index (Phi) is 1.68. The smallest absolute Gasteiger partial charge is 0.280 e. The van der Waals surface area contributed by atoms with Crippen LogP contribution in [-0.4, -0.2) is 16.2 Å². The summed E-state index contributed by atoms with van der Waals surface area (Å²) in [5, 5.41) is 10.2. The molecular formula is C8H7ClN2O2. The second kappa shape index (κ2) is 2.61. The Bertz CT molecular complexity index is 392. The van der Waals surface area contributed by atoms with Crippen molar-refractivity contribution in [1.29, 1.82) is 0 Å². The van der Waals surface area contributed by atoms with E-state index in [1.165, 1.54) is 0 Å². The minimum absolute atomic E-state index is 0.109. The molecule has 0 atom stereocenters. The molecule has 1 heterocycles. The van der Waals surface area contributed by atoms with Crippen LogP contribution in [0.3, 0.4) is 0 Å². The second-order valence-electron chi connectivity index (χ2n) is 2.85. The van der Waals surface area contributed by atoms with E-state index >= 15 is 0 Å². The lowest BCUT2D eigenvalue weighted by Gasteiger charge is -2.02. The zero-order valence-electron chi connectivity index (χ0n) is 6.62. The van der Waals surface area contributed by atoms with E-state index < -0.39 is 5.91 Å². The summed E-state index contributed by atoms with van der Waals surface area (Å²) in [4.78, 5) is 11.3. The number of carbonyl (C=O) groups excluding carboxylic acids is 1. The average Bonchev–Trinajstić information content (AvgIpc) is 2.38. The summed E-state index contributed by atoms with van der Waals surface area (Å²) < 4.78 is 0. The highest BCUT2D eigenvalue weighted by atomic mass is 35.5. The molecule has 1 aliphatic heterocycles. The zero-order valence-corrected chi connectivity index (χ0v) is 7.38. The number of amides is 1. The topological polar surface area (TPSA) is 66.6 Å². The highest BCUT2D eigenvalue weighted by Gasteiger charge is 2.30. The van der Waals surface area contributed by atoms with Gasteiger partial charge in [0.15, 0.2) is 0 Å². The van der Waals surface area contributed by atoms with Crippen LogP contribution in [0.15, 0.2) is 12.1 Å². The number of anilines is 1. The molecule has 5 heteroatoms. The molecule has 68 valence electrons. The lowest BCUT2D eigenvalue weighted by Crippen LogP contribution is -2.19. The molecule has 4 nitrogen and oxygen atoms in total. The van der Waals surface area contributed by atoms with Gasteiger partial charge in [0.25, 0.3) is 5.91 Å². The van der Waals surface area contributed by atoms with E-state index in [0.29, 0.717) is 26.9 Å². The van der Waals surface area contributed by atoms with Crippen molar-refractivity contribution in [3.05, 3.63) is 28.3 Å². The van der Waals surface area contributed by atoms with Crippen molar-refractivity contribution in [2.45, 2.75) is 6.54 Å². The number of rotatable bonds is 0. The van der Waals surface area contributed by atoms with Gasteiger partial charge in [0, 0.05) is 16.3 Å².